The average molecular weight is 217 g/mol. The number of nitro groups is 1. The number of ether oxygens (including phenoxy) is 2. The van der Waals surface area contributed by atoms with Crippen LogP contribution in [0.4, 0.5) is 0 Å². The molecule has 0 radical (unpaired) electrons. The van der Waals surface area contributed by atoms with E-state index >= 15 is 0 Å². The van der Waals surface area contributed by atoms with E-state index in [1.807, 2.05) is 0 Å². The van der Waals surface area contributed by atoms with E-state index in [0.29, 0.717) is 6.42 Å². The van der Waals surface area contributed by atoms with Gasteiger partial charge in [0.05, 0.1) is 18.1 Å². The fourth-order valence-electron chi connectivity index (χ4n) is 2.43. The van der Waals surface area contributed by atoms with E-state index in [9.17, 15) is 15.2 Å². The molecule has 15 heavy (non-hydrogen) atoms. The largest absolute Gasteiger partial charge is 0.390 e. The highest BCUT2D eigenvalue weighted by Crippen LogP contribution is 2.41. The highest BCUT2D eigenvalue weighted by atomic mass is 16.8. The molecular weight excluding hydrogens is 202 g/mol. The predicted octanol–water partition coefficient (Wildman–Crippen LogP) is 0.164. The molecule has 4 atom stereocenters. The molecule has 1 aliphatic heterocycles. The van der Waals surface area contributed by atoms with E-state index in [-0.39, 0.29) is 23.5 Å². The number of fused-ring (bicyclic) bond motifs is 1. The van der Waals surface area contributed by atoms with Gasteiger partial charge in [0, 0.05) is 4.92 Å². The minimum atomic E-state index is -0.744. The van der Waals surface area contributed by atoms with Gasteiger partial charge in [0.1, 0.15) is 6.10 Å². The molecule has 0 unspecified atom stereocenters. The van der Waals surface area contributed by atoms with E-state index in [4.69, 9.17) is 9.47 Å². The van der Waals surface area contributed by atoms with E-state index in [0.717, 1.165) is 0 Å². The molecule has 0 spiro atoms. The Labute approximate surface area is 87.3 Å². The van der Waals surface area contributed by atoms with Crippen molar-refractivity contribution in [1.29, 1.82) is 0 Å². The lowest BCUT2D eigenvalue weighted by Gasteiger charge is -2.20. The van der Waals surface area contributed by atoms with Crippen LogP contribution in [-0.2, 0) is 9.47 Å². The standard InChI is InChI=1S/C9H15NO5/c1-9(2)14-7-5(4-10(12)13)3-6(11)8(7)15-9/h5-8,11H,3-4H2,1-2H3/t5-,6-,7-,8+/m1/s1. The maximum atomic E-state index is 10.4. The molecule has 1 saturated heterocycles. The summed E-state index contributed by atoms with van der Waals surface area (Å²) in [4.78, 5) is 10.1. The van der Waals surface area contributed by atoms with Gasteiger partial charge in [-0.25, -0.2) is 0 Å². The third-order valence-corrected chi connectivity index (χ3v) is 2.94. The third-order valence-electron chi connectivity index (χ3n) is 2.94. The Kier molecular flexibility index (Phi) is 2.44. The van der Waals surface area contributed by atoms with Crippen molar-refractivity contribution in [1.82, 2.24) is 0 Å². The van der Waals surface area contributed by atoms with Crippen LogP contribution in [-0.4, -0.2) is 40.7 Å². The summed E-state index contributed by atoms with van der Waals surface area (Å²) in [6.07, 6.45) is -1.03. The van der Waals surface area contributed by atoms with Crippen LogP contribution in [0.15, 0.2) is 0 Å². The van der Waals surface area contributed by atoms with Crippen molar-refractivity contribution in [2.24, 2.45) is 5.92 Å². The second-order valence-electron chi connectivity index (χ2n) is 4.64. The topological polar surface area (TPSA) is 81.8 Å². The zero-order chi connectivity index (χ0) is 11.2. The van der Waals surface area contributed by atoms with Crippen molar-refractivity contribution in [3.63, 3.8) is 0 Å². The van der Waals surface area contributed by atoms with E-state index in [2.05, 4.69) is 0 Å². The smallest absolute Gasteiger partial charge is 0.209 e. The second kappa shape index (κ2) is 3.40. The van der Waals surface area contributed by atoms with Gasteiger partial charge in [-0.3, -0.25) is 10.1 Å². The average Bonchev–Trinajstić information content (AvgIpc) is 2.49. The lowest BCUT2D eigenvalue weighted by molar-refractivity contribution is -0.490. The molecule has 0 amide bonds. The SMILES string of the molecule is CC1(C)O[C@@H]2[C@@H](C[N+](=O)[O-])C[C@@H](O)[C@@H]2O1. The minimum absolute atomic E-state index is 0.169. The van der Waals surface area contributed by atoms with Gasteiger partial charge in [-0.05, 0) is 20.3 Å². The van der Waals surface area contributed by atoms with E-state index < -0.39 is 18.0 Å². The molecule has 1 saturated carbocycles. The first-order valence-corrected chi connectivity index (χ1v) is 5.04. The van der Waals surface area contributed by atoms with Crippen LogP contribution in [0.3, 0.4) is 0 Å². The molecule has 0 aromatic carbocycles. The van der Waals surface area contributed by atoms with Crippen molar-refractivity contribution in [3.8, 4) is 0 Å². The van der Waals surface area contributed by atoms with Crippen LogP contribution >= 0.6 is 0 Å². The summed E-state index contributed by atoms with van der Waals surface area (Å²) in [5.74, 6) is -0.993. The summed E-state index contributed by atoms with van der Waals surface area (Å²) in [6, 6.07) is 0. The number of nitrogens with zero attached hydrogens (tertiary/aromatic N) is 1. The highest BCUT2D eigenvalue weighted by molar-refractivity contribution is 4.98. The number of hydrogen-bond donors (Lipinski definition) is 1. The Balaban J connectivity index is 2.09. The molecule has 6 nitrogen and oxygen atoms in total. The summed E-state index contributed by atoms with van der Waals surface area (Å²) in [6.45, 7) is 3.33. The summed E-state index contributed by atoms with van der Waals surface area (Å²) in [5, 5.41) is 20.1. The molecule has 1 N–H and O–H groups in total. The van der Waals surface area contributed by atoms with Crippen molar-refractivity contribution < 1.29 is 19.5 Å². The van der Waals surface area contributed by atoms with Crippen molar-refractivity contribution in [2.75, 3.05) is 6.54 Å². The van der Waals surface area contributed by atoms with Crippen LogP contribution < -0.4 is 0 Å². The minimum Gasteiger partial charge on any atom is -0.390 e. The predicted molar refractivity (Wildman–Crippen MR) is 49.8 cm³/mol. The number of rotatable bonds is 2. The molecule has 2 aliphatic rings. The zero-order valence-corrected chi connectivity index (χ0v) is 8.75. The first-order valence-electron chi connectivity index (χ1n) is 5.04. The molecule has 1 aliphatic carbocycles. The highest BCUT2D eigenvalue weighted by Gasteiger charge is 2.54. The fraction of sp³-hybridized carbons (Fsp3) is 1.00. The van der Waals surface area contributed by atoms with E-state index in [1.165, 1.54) is 0 Å². The molecule has 0 aromatic rings. The van der Waals surface area contributed by atoms with E-state index in [1.54, 1.807) is 13.8 Å². The van der Waals surface area contributed by atoms with Gasteiger partial charge in [-0.1, -0.05) is 0 Å². The normalized spacial score (nSPS) is 42.9. The molecule has 6 heteroatoms. The van der Waals surface area contributed by atoms with Gasteiger partial charge in [0.25, 0.3) is 0 Å². The summed E-state index contributed by atoms with van der Waals surface area (Å²) >= 11 is 0. The van der Waals surface area contributed by atoms with Gasteiger partial charge < -0.3 is 14.6 Å². The Bertz CT molecular complexity index is 280. The Morgan fingerprint density at radius 2 is 2.07 bits per heavy atom. The maximum absolute atomic E-state index is 10.4. The molecule has 2 rings (SSSR count). The number of aliphatic hydroxyl groups excluding tert-OH is 1. The lowest BCUT2D eigenvalue weighted by Crippen LogP contribution is -2.29. The van der Waals surface area contributed by atoms with Crippen molar-refractivity contribution >= 4 is 0 Å². The van der Waals surface area contributed by atoms with Gasteiger partial charge >= 0.3 is 0 Å². The molecule has 86 valence electrons. The lowest BCUT2D eigenvalue weighted by atomic mass is 10.1. The monoisotopic (exact) mass is 217 g/mol. The molecular formula is C9H15NO5. The van der Waals surface area contributed by atoms with Crippen LogP contribution in [0.25, 0.3) is 0 Å². The summed E-state index contributed by atoms with van der Waals surface area (Å²) in [5.41, 5.74) is 0. The molecule has 0 aromatic heterocycles. The summed E-state index contributed by atoms with van der Waals surface area (Å²) < 4.78 is 11.1. The number of hydrogen-bond acceptors (Lipinski definition) is 5. The quantitative estimate of drug-likeness (QED) is 0.526. The van der Waals surface area contributed by atoms with Crippen molar-refractivity contribution in [2.45, 2.75) is 44.4 Å². The first kappa shape index (κ1) is 10.8. The van der Waals surface area contributed by atoms with Crippen molar-refractivity contribution in [3.05, 3.63) is 10.1 Å². The van der Waals surface area contributed by atoms with Gasteiger partial charge in [0.2, 0.25) is 6.54 Å². The van der Waals surface area contributed by atoms with Crippen LogP contribution in [0.5, 0.6) is 0 Å². The van der Waals surface area contributed by atoms with Gasteiger partial charge in [-0.15, -0.1) is 0 Å². The van der Waals surface area contributed by atoms with Crippen LogP contribution in [0.2, 0.25) is 0 Å². The number of aliphatic hydroxyl groups is 1. The molecule has 0 bridgehead atoms. The Hall–Kier alpha value is -0.720. The zero-order valence-electron chi connectivity index (χ0n) is 8.75. The first-order chi connectivity index (χ1) is 6.89. The Morgan fingerprint density at radius 3 is 2.67 bits per heavy atom. The Morgan fingerprint density at radius 1 is 1.47 bits per heavy atom. The second-order valence-corrected chi connectivity index (χ2v) is 4.64. The van der Waals surface area contributed by atoms with Gasteiger partial charge in [-0.2, -0.15) is 0 Å². The summed E-state index contributed by atoms with van der Waals surface area (Å²) in [7, 11) is 0. The van der Waals surface area contributed by atoms with Crippen LogP contribution in [0.1, 0.15) is 20.3 Å². The molecule has 1 heterocycles. The maximum Gasteiger partial charge on any atom is 0.209 e. The van der Waals surface area contributed by atoms with Gasteiger partial charge in [0.15, 0.2) is 5.79 Å². The van der Waals surface area contributed by atoms with Crippen LogP contribution in [0, 0.1) is 16.0 Å². The third kappa shape index (κ3) is 1.97. The fourth-order valence-corrected chi connectivity index (χ4v) is 2.43. The molecule has 2 fully saturated rings.